The van der Waals surface area contributed by atoms with Gasteiger partial charge in [-0.2, -0.15) is 0 Å². The van der Waals surface area contributed by atoms with Crippen molar-refractivity contribution in [3.05, 3.63) is 63.6 Å². The molecule has 0 unspecified atom stereocenters. The Morgan fingerprint density at radius 3 is 2.54 bits per heavy atom. The van der Waals surface area contributed by atoms with Crippen LogP contribution in [0.15, 0.2) is 46.9 Å². The molecule has 0 saturated carbocycles. The summed E-state index contributed by atoms with van der Waals surface area (Å²) in [6.45, 7) is 4.23. The first-order chi connectivity index (χ1) is 11.4. The number of carbonyl (C=O) groups is 2. The van der Waals surface area contributed by atoms with Crippen molar-refractivity contribution in [1.82, 2.24) is 10.6 Å². The van der Waals surface area contributed by atoms with Gasteiger partial charge < -0.3 is 16.0 Å². The molecule has 0 radical (unpaired) electrons. The molecule has 0 aliphatic rings. The third kappa shape index (κ3) is 5.70. The monoisotopic (exact) mass is 389 g/mol. The van der Waals surface area contributed by atoms with E-state index in [1.165, 1.54) is 0 Å². The average Bonchev–Trinajstić information content (AvgIpc) is 2.54. The predicted molar refractivity (Wildman–Crippen MR) is 98.9 cm³/mol. The fraction of sp³-hybridized carbons (Fsp3) is 0.222. The predicted octanol–water partition coefficient (Wildman–Crippen LogP) is 3.50. The number of urea groups is 1. The molecular formula is C18H20BrN3O2. The number of aryl methyl sites for hydroxylation is 2. The van der Waals surface area contributed by atoms with Gasteiger partial charge in [-0.05, 0) is 43.2 Å². The number of nitrogens with one attached hydrogen (secondary N) is 3. The minimum atomic E-state index is -0.376. The van der Waals surface area contributed by atoms with Crippen LogP contribution in [0.2, 0.25) is 0 Å². The third-order valence-corrected chi connectivity index (χ3v) is 3.90. The van der Waals surface area contributed by atoms with Crippen LogP contribution in [0.1, 0.15) is 16.7 Å². The lowest BCUT2D eigenvalue weighted by atomic mass is 10.1. The lowest BCUT2D eigenvalue weighted by Gasteiger charge is -2.10. The maximum absolute atomic E-state index is 11.9. The minimum absolute atomic E-state index is 0.0881. The van der Waals surface area contributed by atoms with Crippen LogP contribution in [0.25, 0.3) is 0 Å². The molecule has 0 saturated heterocycles. The maximum Gasteiger partial charge on any atom is 0.315 e. The quantitative estimate of drug-likeness (QED) is 0.732. The summed E-state index contributed by atoms with van der Waals surface area (Å²) in [7, 11) is 0. The number of carbonyl (C=O) groups excluding carboxylic acids is 2. The van der Waals surface area contributed by atoms with Crippen LogP contribution in [-0.2, 0) is 11.3 Å². The summed E-state index contributed by atoms with van der Waals surface area (Å²) < 4.78 is 0.951. The minimum Gasteiger partial charge on any atom is -0.334 e. The molecule has 0 heterocycles. The summed E-state index contributed by atoms with van der Waals surface area (Å²) >= 11 is 3.38. The second-order valence-electron chi connectivity index (χ2n) is 5.53. The van der Waals surface area contributed by atoms with Crippen molar-refractivity contribution in [2.45, 2.75) is 20.4 Å². The molecule has 0 aromatic heterocycles. The van der Waals surface area contributed by atoms with Gasteiger partial charge in [0.25, 0.3) is 0 Å². The van der Waals surface area contributed by atoms with Crippen molar-refractivity contribution in [2.75, 3.05) is 11.9 Å². The van der Waals surface area contributed by atoms with Crippen LogP contribution in [0.5, 0.6) is 0 Å². The Bertz CT molecular complexity index is 747. The Morgan fingerprint density at radius 1 is 1.04 bits per heavy atom. The van der Waals surface area contributed by atoms with Gasteiger partial charge in [0.05, 0.1) is 6.54 Å². The highest BCUT2D eigenvalue weighted by atomic mass is 79.9. The Hall–Kier alpha value is -2.34. The number of anilines is 1. The van der Waals surface area contributed by atoms with Crippen molar-refractivity contribution in [2.24, 2.45) is 0 Å². The normalized spacial score (nSPS) is 10.1. The highest BCUT2D eigenvalue weighted by Gasteiger charge is 2.07. The van der Waals surface area contributed by atoms with E-state index in [0.29, 0.717) is 6.54 Å². The van der Waals surface area contributed by atoms with Gasteiger partial charge in [0.1, 0.15) is 0 Å². The van der Waals surface area contributed by atoms with Crippen LogP contribution < -0.4 is 16.0 Å². The first kappa shape index (κ1) is 18.0. The Kier molecular flexibility index (Phi) is 6.37. The summed E-state index contributed by atoms with van der Waals surface area (Å²) in [6.07, 6.45) is 0. The van der Waals surface area contributed by atoms with Gasteiger partial charge in [0.2, 0.25) is 5.91 Å². The smallest absolute Gasteiger partial charge is 0.315 e. The van der Waals surface area contributed by atoms with Crippen molar-refractivity contribution >= 4 is 33.6 Å². The van der Waals surface area contributed by atoms with E-state index in [-0.39, 0.29) is 18.5 Å². The molecular weight excluding hydrogens is 370 g/mol. The molecule has 3 amide bonds. The molecule has 5 nitrogen and oxygen atoms in total. The molecule has 0 aliphatic carbocycles. The van der Waals surface area contributed by atoms with E-state index in [1.807, 2.05) is 56.3 Å². The Labute approximate surface area is 150 Å². The van der Waals surface area contributed by atoms with Gasteiger partial charge in [-0.25, -0.2) is 4.79 Å². The third-order valence-electron chi connectivity index (χ3n) is 3.41. The van der Waals surface area contributed by atoms with E-state index in [9.17, 15) is 9.59 Å². The molecule has 0 atom stereocenters. The van der Waals surface area contributed by atoms with E-state index in [0.717, 1.165) is 26.9 Å². The summed E-state index contributed by atoms with van der Waals surface area (Å²) in [5, 5.41) is 8.05. The van der Waals surface area contributed by atoms with E-state index >= 15 is 0 Å². The number of amides is 3. The molecule has 6 heteroatoms. The zero-order chi connectivity index (χ0) is 17.5. The van der Waals surface area contributed by atoms with Crippen LogP contribution in [-0.4, -0.2) is 18.5 Å². The van der Waals surface area contributed by atoms with Crippen molar-refractivity contribution < 1.29 is 9.59 Å². The van der Waals surface area contributed by atoms with Gasteiger partial charge in [-0.3, -0.25) is 4.79 Å². The molecule has 2 aromatic carbocycles. The van der Waals surface area contributed by atoms with Crippen molar-refractivity contribution in [1.29, 1.82) is 0 Å². The van der Waals surface area contributed by atoms with Gasteiger partial charge in [-0.1, -0.05) is 45.8 Å². The molecule has 0 aliphatic heterocycles. The highest BCUT2D eigenvalue weighted by Crippen LogP contribution is 2.19. The first-order valence-electron chi connectivity index (χ1n) is 7.57. The van der Waals surface area contributed by atoms with Gasteiger partial charge >= 0.3 is 6.03 Å². The molecule has 24 heavy (non-hydrogen) atoms. The van der Waals surface area contributed by atoms with Gasteiger partial charge in [0.15, 0.2) is 0 Å². The number of halogens is 1. The summed E-state index contributed by atoms with van der Waals surface area (Å²) in [5.41, 5.74) is 3.82. The number of hydrogen-bond donors (Lipinski definition) is 3. The number of benzene rings is 2. The molecule has 2 rings (SSSR count). The molecule has 2 aromatic rings. The molecule has 3 N–H and O–H groups in total. The zero-order valence-corrected chi connectivity index (χ0v) is 15.2. The molecule has 0 bridgehead atoms. The number of rotatable bonds is 5. The summed E-state index contributed by atoms with van der Waals surface area (Å²) in [5.74, 6) is -0.272. The fourth-order valence-electron chi connectivity index (χ4n) is 2.19. The highest BCUT2D eigenvalue weighted by molar-refractivity contribution is 9.10. The van der Waals surface area contributed by atoms with Crippen LogP contribution >= 0.6 is 15.9 Å². The first-order valence-corrected chi connectivity index (χ1v) is 8.36. The van der Waals surface area contributed by atoms with Gasteiger partial charge in [-0.15, -0.1) is 0 Å². The van der Waals surface area contributed by atoms with Crippen LogP contribution in [0, 0.1) is 13.8 Å². The van der Waals surface area contributed by atoms with E-state index < -0.39 is 0 Å². The Morgan fingerprint density at radius 2 is 1.83 bits per heavy atom. The van der Waals surface area contributed by atoms with Crippen molar-refractivity contribution in [3.8, 4) is 0 Å². The van der Waals surface area contributed by atoms with Gasteiger partial charge in [0, 0.05) is 16.7 Å². The second kappa shape index (κ2) is 8.49. The van der Waals surface area contributed by atoms with E-state index in [2.05, 4.69) is 31.9 Å². The lowest BCUT2D eigenvalue weighted by molar-refractivity contribution is -0.115. The zero-order valence-electron chi connectivity index (χ0n) is 13.7. The average molecular weight is 390 g/mol. The topological polar surface area (TPSA) is 70.2 Å². The molecule has 0 fully saturated rings. The van der Waals surface area contributed by atoms with E-state index in [1.54, 1.807) is 0 Å². The van der Waals surface area contributed by atoms with Crippen molar-refractivity contribution in [3.63, 3.8) is 0 Å². The summed E-state index contributed by atoms with van der Waals surface area (Å²) in [4.78, 5) is 23.7. The maximum atomic E-state index is 11.9. The van der Waals surface area contributed by atoms with Crippen LogP contribution in [0.3, 0.4) is 0 Å². The molecule has 0 spiro atoms. The standard InChI is InChI=1S/C18H20BrN3O2/c1-12-4-3-5-14(8-12)10-20-18(24)21-11-17(23)22-16-7-6-15(19)9-13(16)2/h3-9H,10-11H2,1-2H3,(H,22,23)(H2,20,21,24). The van der Waals surface area contributed by atoms with E-state index in [4.69, 9.17) is 0 Å². The fourth-order valence-corrected chi connectivity index (χ4v) is 2.66. The lowest BCUT2D eigenvalue weighted by Crippen LogP contribution is -2.39. The second-order valence-corrected chi connectivity index (χ2v) is 6.45. The largest absolute Gasteiger partial charge is 0.334 e. The van der Waals surface area contributed by atoms with Crippen LogP contribution in [0.4, 0.5) is 10.5 Å². The summed E-state index contributed by atoms with van der Waals surface area (Å²) in [6, 6.07) is 13.1. The Balaban J connectivity index is 1.75. The number of hydrogen-bond acceptors (Lipinski definition) is 2. The molecule has 126 valence electrons. The SMILES string of the molecule is Cc1cccc(CNC(=O)NCC(=O)Nc2ccc(Br)cc2C)c1.